The van der Waals surface area contributed by atoms with Crippen molar-refractivity contribution < 1.29 is 32.6 Å². The van der Waals surface area contributed by atoms with E-state index in [0.717, 1.165) is 0 Å². The molecule has 0 amide bonds. The molecule has 10 nitrogen and oxygen atoms in total. The van der Waals surface area contributed by atoms with E-state index < -0.39 is 34.4 Å². The molecule has 69 valence electrons. The molecule has 0 aliphatic heterocycles. The molecule has 0 atom stereocenters. The summed E-state index contributed by atoms with van der Waals surface area (Å²) in [5, 5.41) is 29.5. The molecule has 1 radical (unpaired) electrons. The average molecular weight is 418 g/mol. The maximum absolute atomic E-state index is 8.57. The summed E-state index contributed by atoms with van der Waals surface area (Å²) in [7, 11) is 0. The molecule has 12 heteroatoms. The third-order valence-electron chi connectivity index (χ3n) is 0. The zero-order chi connectivity index (χ0) is 9.86. The van der Waals surface area contributed by atoms with Crippen molar-refractivity contribution >= 4 is 24.3 Å². The van der Waals surface area contributed by atoms with Crippen molar-refractivity contribution in [2.24, 2.45) is 0 Å². The van der Waals surface area contributed by atoms with Crippen LogP contribution in [0, 0.1) is 30.6 Å². The van der Waals surface area contributed by atoms with Crippen LogP contribution in [0.5, 0.6) is 0 Å². The van der Waals surface area contributed by atoms with Crippen LogP contribution in [0.25, 0.3) is 0 Å². The number of rotatable bonds is 0. The first kappa shape index (κ1) is 22.5. The summed E-state index contributed by atoms with van der Waals surface area (Å²) in [4.78, 5) is 16.5. The van der Waals surface area contributed by atoms with Gasteiger partial charge in [0.05, 0.1) is 10.2 Å². The minimum absolute atomic E-state index is 0. The Morgan fingerprint density at radius 3 is 0.833 bits per heavy atom. The molecule has 0 aromatic heterocycles. The van der Waals surface area contributed by atoms with Crippen molar-refractivity contribution in [3.05, 3.63) is 30.6 Å². The molecule has 0 fully saturated rings. The van der Waals surface area contributed by atoms with E-state index in [4.69, 9.17) is 36.0 Å². The summed E-state index contributed by atoms with van der Waals surface area (Å²) in [5.41, 5.74) is 0. The summed E-state index contributed by atoms with van der Waals surface area (Å²) >= 11 is -2.42. The van der Waals surface area contributed by atoms with Crippen molar-refractivity contribution in [3.8, 4) is 0 Å². The first-order valence-electron chi connectivity index (χ1n) is 1.50. The first-order chi connectivity index (χ1) is 4.88. The molecule has 0 heterocycles. The molecule has 0 aromatic carbocycles. The van der Waals surface area contributed by atoms with Gasteiger partial charge in [0.25, 0.3) is 0 Å². The molecule has 0 saturated carbocycles. The molecule has 0 aliphatic carbocycles. The number of nitrogens with zero attached hydrogens (tertiary/aromatic N) is 2. The van der Waals surface area contributed by atoms with Gasteiger partial charge in [-0.3, -0.25) is 0 Å². The molecule has 0 saturated heterocycles. The Balaban J connectivity index is -0.0000000389. The third kappa shape index (κ3) is 2160. The predicted octanol–water partition coefficient (Wildman–Crippen LogP) is -1.10. The van der Waals surface area contributed by atoms with E-state index in [0.29, 0.717) is 0 Å². The summed E-state index contributed by atoms with van der Waals surface area (Å²) < 4.78 is 17.1. The summed E-state index contributed by atoms with van der Waals surface area (Å²) in [6.45, 7) is 0. The molecule has 0 spiro atoms. The molecular weight excluding hydrogens is 418 g/mol. The van der Waals surface area contributed by atoms with Crippen molar-refractivity contribution in [1.82, 2.24) is 0 Å². The quantitative estimate of drug-likeness (QED) is 0.272. The second-order valence-electron chi connectivity index (χ2n) is 0.531. The van der Waals surface area contributed by atoms with Gasteiger partial charge in [0, 0.05) is 0 Å². The number of hydrogen-bond donors (Lipinski definition) is 0. The Labute approximate surface area is 87.4 Å². The minimum atomic E-state index is -2.42. The van der Waals surface area contributed by atoms with Crippen LogP contribution in [0.2, 0.25) is 0 Å². The van der Waals surface area contributed by atoms with E-state index in [1.54, 1.807) is 0 Å². The monoisotopic (exact) mass is 419 g/mol. The molecule has 0 aliphatic rings. The van der Waals surface area contributed by atoms with Gasteiger partial charge in [-0.1, -0.05) is 0 Å². The Kier molecular flexibility index (Phi) is 42.1. The van der Waals surface area contributed by atoms with Crippen molar-refractivity contribution in [3.63, 3.8) is 0 Å². The molecule has 0 N–H and O–H groups in total. The van der Waals surface area contributed by atoms with E-state index in [-0.39, 0.29) is 17.1 Å². The second kappa shape index (κ2) is 22.4. The van der Waals surface area contributed by atoms with E-state index >= 15 is 0 Å². The third-order valence-corrected chi connectivity index (χ3v) is 0. The van der Waals surface area contributed by atoms with Crippen LogP contribution < -0.4 is 0 Å². The zero-order valence-electron chi connectivity index (χ0n) is 5.04. The van der Waals surface area contributed by atoms with Crippen molar-refractivity contribution in [1.29, 1.82) is 0 Å². The van der Waals surface area contributed by atoms with E-state index in [1.807, 2.05) is 0 Å². The molecule has 0 aromatic rings. The van der Waals surface area contributed by atoms with Crippen LogP contribution in [0.3, 0.4) is 0 Å². The Bertz CT molecular complexity index is 129. The van der Waals surface area contributed by atoms with E-state index in [9.17, 15) is 0 Å². The van der Waals surface area contributed by atoms with Crippen LogP contribution in [-0.2, 0) is 22.4 Å². The topological polar surface area (TPSA) is 167 Å². The van der Waals surface area contributed by atoms with Crippen molar-refractivity contribution in [2.75, 3.05) is 0 Å². The van der Waals surface area contributed by atoms with Gasteiger partial charge < -0.3 is 30.6 Å². The molecule has 0 unspecified atom stereocenters. The predicted molar refractivity (Wildman–Crippen MR) is 27.8 cm³/mol. The fourth-order valence-electron chi connectivity index (χ4n) is 0. The van der Waals surface area contributed by atoms with Gasteiger partial charge in [0.15, 0.2) is 0 Å². The molecule has 12 heavy (non-hydrogen) atoms. The number of hydrogen-bond acceptors (Lipinski definition) is 8. The Morgan fingerprint density at radius 2 is 0.833 bits per heavy atom. The summed E-state index contributed by atoms with van der Waals surface area (Å²) in [5.74, 6) is 0. The van der Waals surface area contributed by atoms with Gasteiger partial charge in [-0.05, 0) is 0 Å². The van der Waals surface area contributed by atoms with Crippen molar-refractivity contribution in [2.45, 2.75) is 0 Å². The molecule has 0 rings (SSSR count). The van der Waals surface area contributed by atoms with Gasteiger partial charge in [-0.15, -0.1) is 0 Å². The van der Waals surface area contributed by atoms with Gasteiger partial charge in [0.2, 0.25) is 0 Å². The van der Waals surface area contributed by atoms with Gasteiger partial charge in [0.1, 0.15) is 0 Å². The van der Waals surface area contributed by atoms with Gasteiger partial charge in [-0.2, -0.15) is 0 Å². The maximum atomic E-state index is 8.57. The van der Waals surface area contributed by atoms with E-state index in [1.165, 1.54) is 0 Å². The summed E-state index contributed by atoms with van der Waals surface area (Å²) in [6, 6.07) is 0. The van der Waals surface area contributed by atoms with Crippen LogP contribution in [0.15, 0.2) is 0 Å². The SMILES string of the molecule is O=[N+]([O-])[O-].O=[N+]([O-])[O-].[Mn+2].[O]=[Pb]=[O]. The van der Waals surface area contributed by atoms with Crippen LogP contribution in [0.1, 0.15) is 0 Å². The van der Waals surface area contributed by atoms with Gasteiger partial charge in [-0.25, -0.2) is 0 Å². The zero-order valence-corrected chi connectivity index (χ0v) is 10.1. The summed E-state index contributed by atoms with van der Waals surface area (Å²) in [6.07, 6.45) is 0. The first-order valence-corrected chi connectivity index (χ1v) is 4.68. The molecule has 0 bridgehead atoms. The normalized spacial score (nSPS) is 4.67. The Hall–Kier alpha value is -0.558. The standard InChI is InChI=1S/Mn.2NO3.2O.Pb/c;2*2-1(3)4;;;/q+2;2*-1;;;. The van der Waals surface area contributed by atoms with Crippen LogP contribution >= 0.6 is 0 Å². The molecular formula is MnN2O8Pb. The second-order valence-corrected chi connectivity index (χ2v) is 1.18. The fraction of sp³-hybridized carbons (Fsp3) is 0. The van der Waals surface area contributed by atoms with Crippen LogP contribution in [-0.4, -0.2) is 34.4 Å². The Morgan fingerprint density at radius 1 is 0.833 bits per heavy atom. The van der Waals surface area contributed by atoms with Crippen LogP contribution in [0.4, 0.5) is 0 Å². The van der Waals surface area contributed by atoms with Gasteiger partial charge >= 0.3 is 46.7 Å². The average Bonchev–Trinajstić information content (AvgIpc) is 1.60. The fourth-order valence-corrected chi connectivity index (χ4v) is 0. The van der Waals surface area contributed by atoms with E-state index in [2.05, 4.69) is 0 Å².